The van der Waals surface area contributed by atoms with E-state index in [0.717, 1.165) is 4.57 Å². The maximum atomic E-state index is 12.5. The van der Waals surface area contributed by atoms with E-state index in [4.69, 9.17) is 10.00 Å². The maximum Gasteiger partial charge on any atom is 0.329 e. The number of aliphatic carboxylic acids is 1. The van der Waals surface area contributed by atoms with Gasteiger partial charge in [0.25, 0.3) is 5.56 Å². The molecule has 0 radical (unpaired) electrons. The van der Waals surface area contributed by atoms with E-state index in [-0.39, 0.29) is 5.56 Å². The Balaban J connectivity index is 2.78. The number of nitriles is 1. The van der Waals surface area contributed by atoms with Crippen LogP contribution < -0.4 is 10.3 Å². The second-order valence-electron chi connectivity index (χ2n) is 5.48. The monoisotopic (exact) mass is 312 g/mol. The number of carboxylic acid groups (broad SMARTS) is 1. The summed E-state index contributed by atoms with van der Waals surface area (Å²) in [4.78, 5) is 24.1. The molecule has 0 unspecified atom stereocenters. The number of rotatable bonds is 4. The molecule has 0 atom stereocenters. The third-order valence-corrected chi connectivity index (χ3v) is 3.67. The van der Waals surface area contributed by atoms with E-state index in [0.29, 0.717) is 17.0 Å². The van der Waals surface area contributed by atoms with Crippen LogP contribution in [0.4, 0.5) is 0 Å². The van der Waals surface area contributed by atoms with Crippen molar-refractivity contribution in [3.05, 3.63) is 52.3 Å². The Kier molecular flexibility index (Phi) is 4.23. The summed E-state index contributed by atoms with van der Waals surface area (Å²) in [7, 11) is 1.54. The number of hydrogen-bond donors (Lipinski definition) is 1. The number of ether oxygens (including phenoxy) is 1. The topological polar surface area (TPSA) is 92.3 Å². The molecule has 0 spiro atoms. The fourth-order valence-electron chi connectivity index (χ4n) is 2.26. The molecule has 2 rings (SSSR count). The molecular formula is C17H16N2O4. The molecule has 0 saturated carbocycles. The first kappa shape index (κ1) is 16.3. The molecular weight excluding hydrogens is 296 g/mol. The van der Waals surface area contributed by atoms with Gasteiger partial charge in [0.05, 0.1) is 12.8 Å². The number of nitrogens with zero attached hydrogens (tertiary/aromatic N) is 2. The normalized spacial score (nSPS) is 10.9. The first-order valence-corrected chi connectivity index (χ1v) is 6.87. The molecule has 0 aliphatic rings. The number of carbonyl (C=O) groups is 1. The van der Waals surface area contributed by atoms with Gasteiger partial charge in [0.15, 0.2) is 0 Å². The molecule has 1 N–H and O–H groups in total. The van der Waals surface area contributed by atoms with Crippen molar-refractivity contribution in [2.24, 2.45) is 0 Å². The van der Waals surface area contributed by atoms with Gasteiger partial charge in [-0.3, -0.25) is 9.36 Å². The quantitative estimate of drug-likeness (QED) is 0.934. The lowest BCUT2D eigenvalue weighted by Crippen LogP contribution is -2.44. The Morgan fingerprint density at radius 3 is 2.30 bits per heavy atom. The minimum Gasteiger partial charge on any atom is -0.497 e. The van der Waals surface area contributed by atoms with Crippen LogP contribution in [0, 0.1) is 11.3 Å². The molecule has 23 heavy (non-hydrogen) atoms. The van der Waals surface area contributed by atoms with Gasteiger partial charge in [0, 0.05) is 0 Å². The highest BCUT2D eigenvalue weighted by atomic mass is 16.5. The first-order valence-electron chi connectivity index (χ1n) is 6.87. The Morgan fingerprint density at radius 1 is 1.22 bits per heavy atom. The van der Waals surface area contributed by atoms with Crippen LogP contribution in [0.3, 0.4) is 0 Å². The molecule has 0 aliphatic carbocycles. The average Bonchev–Trinajstić information content (AvgIpc) is 2.54. The van der Waals surface area contributed by atoms with Gasteiger partial charge in [-0.2, -0.15) is 5.26 Å². The number of pyridine rings is 1. The van der Waals surface area contributed by atoms with Gasteiger partial charge in [-0.25, -0.2) is 4.79 Å². The highest BCUT2D eigenvalue weighted by Gasteiger charge is 2.33. The maximum absolute atomic E-state index is 12.5. The third-order valence-electron chi connectivity index (χ3n) is 3.67. The van der Waals surface area contributed by atoms with Crippen LogP contribution in [0.15, 0.2) is 41.2 Å². The Morgan fingerprint density at radius 2 is 1.83 bits per heavy atom. The predicted molar refractivity (Wildman–Crippen MR) is 84.4 cm³/mol. The van der Waals surface area contributed by atoms with Crippen LogP contribution in [0.2, 0.25) is 0 Å². The number of aromatic nitrogens is 1. The molecule has 6 nitrogen and oxygen atoms in total. The van der Waals surface area contributed by atoms with Crippen LogP contribution in [0.5, 0.6) is 5.75 Å². The summed E-state index contributed by atoms with van der Waals surface area (Å²) >= 11 is 0. The van der Waals surface area contributed by atoms with Gasteiger partial charge >= 0.3 is 5.97 Å². The molecule has 2 aromatic rings. The lowest BCUT2D eigenvalue weighted by atomic mass is 10.0. The second kappa shape index (κ2) is 5.97. The molecule has 1 aromatic carbocycles. The zero-order valence-electron chi connectivity index (χ0n) is 13.0. The fraction of sp³-hybridized carbons (Fsp3) is 0.235. The van der Waals surface area contributed by atoms with E-state index < -0.39 is 17.1 Å². The van der Waals surface area contributed by atoms with Crippen molar-refractivity contribution >= 4 is 5.97 Å². The Labute approximate surface area is 133 Å². The van der Waals surface area contributed by atoms with Gasteiger partial charge in [0.1, 0.15) is 22.9 Å². The summed E-state index contributed by atoms with van der Waals surface area (Å²) in [5.41, 5.74) is -1.16. The van der Waals surface area contributed by atoms with Gasteiger partial charge in [-0.15, -0.1) is 0 Å². The smallest absolute Gasteiger partial charge is 0.329 e. The molecule has 0 amide bonds. The zero-order chi connectivity index (χ0) is 17.2. The SMILES string of the molecule is COc1ccc(-c2ccc(C#N)c(=O)n2C(C)(C)C(=O)O)cc1. The molecule has 0 aliphatic heterocycles. The molecule has 1 aromatic heterocycles. The van der Waals surface area contributed by atoms with Crippen LogP contribution in [-0.2, 0) is 10.3 Å². The number of benzene rings is 1. The third kappa shape index (κ3) is 2.81. The van der Waals surface area contributed by atoms with Gasteiger partial charge in [0.2, 0.25) is 0 Å². The van der Waals surface area contributed by atoms with E-state index in [2.05, 4.69) is 0 Å². The summed E-state index contributed by atoms with van der Waals surface area (Å²) in [5, 5.41) is 18.5. The highest BCUT2D eigenvalue weighted by Crippen LogP contribution is 2.26. The number of methoxy groups -OCH3 is 1. The van der Waals surface area contributed by atoms with Crippen molar-refractivity contribution < 1.29 is 14.6 Å². The predicted octanol–water partition coefficient (Wildman–Crippen LogP) is 2.22. The van der Waals surface area contributed by atoms with Gasteiger partial charge < -0.3 is 9.84 Å². The molecule has 0 saturated heterocycles. The van der Waals surface area contributed by atoms with Crippen LogP contribution >= 0.6 is 0 Å². The summed E-state index contributed by atoms with van der Waals surface area (Å²) in [5.74, 6) is -0.516. The largest absolute Gasteiger partial charge is 0.497 e. The minimum absolute atomic E-state index is 0.100. The standard InChI is InChI=1S/C17H16N2O4/c1-17(2,16(21)22)19-14(9-6-12(10-18)15(19)20)11-4-7-13(23-3)8-5-11/h4-9H,1-3H3,(H,21,22). The van der Waals surface area contributed by atoms with Crippen molar-refractivity contribution in [3.8, 4) is 23.1 Å². The van der Waals surface area contributed by atoms with Crippen molar-refractivity contribution in [1.82, 2.24) is 4.57 Å². The van der Waals surface area contributed by atoms with Crippen molar-refractivity contribution in [2.45, 2.75) is 19.4 Å². The minimum atomic E-state index is -1.50. The van der Waals surface area contributed by atoms with E-state index in [1.807, 2.05) is 0 Å². The molecule has 118 valence electrons. The highest BCUT2D eigenvalue weighted by molar-refractivity contribution is 5.77. The van der Waals surface area contributed by atoms with Crippen molar-refractivity contribution in [1.29, 1.82) is 5.26 Å². The summed E-state index contributed by atoms with van der Waals surface area (Å²) in [6.07, 6.45) is 0. The zero-order valence-corrected chi connectivity index (χ0v) is 13.0. The van der Waals surface area contributed by atoms with Crippen LogP contribution in [0.1, 0.15) is 19.4 Å². The second-order valence-corrected chi connectivity index (χ2v) is 5.48. The lowest BCUT2D eigenvalue weighted by Gasteiger charge is -2.26. The Bertz CT molecular complexity index is 842. The van der Waals surface area contributed by atoms with Gasteiger partial charge in [-0.05, 0) is 55.8 Å². The summed E-state index contributed by atoms with van der Waals surface area (Å²) < 4.78 is 6.23. The lowest BCUT2D eigenvalue weighted by molar-refractivity contribution is -0.145. The van der Waals surface area contributed by atoms with E-state index >= 15 is 0 Å². The number of carboxylic acids is 1. The fourth-order valence-corrected chi connectivity index (χ4v) is 2.26. The van der Waals surface area contributed by atoms with Crippen LogP contribution in [0.25, 0.3) is 11.3 Å². The van der Waals surface area contributed by atoms with Crippen LogP contribution in [-0.4, -0.2) is 22.8 Å². The van der Waals surface area contributed by atoms with Crippen molar-refractivity contribution in [3.63, 3.8) is 0 Å². The van der Waals surface area contributed by atoms with Gasteiger partial charge in [-0.1, -0.05) is 0 Å². The average molecular weight is 312 g/mol. The van der Waals surface area contributed by atoms with E-state index in [1.165, 1.54) is 19.9 Å². The molecule has 0 fully saturated rings. The van der Waals surface area contributed by atoms with Crippen molar-refractivity contribution in [2.75, 3.05) is 7.11 Å². The van der Waals surface area contributed by atoms with E-state index in [1.54, 1.807) is 43.5 Å². The van der Waals surface area contributed by atoms with E-state index in [9.17, 15) is 14.7 Å². The Hall–Kier alpha value is -3.07. The molecule has 0 bridgehead atoms. The first-order chi connectivity index (χ1) is 10.8. The summed E-state index contributed by atoms with van der Waals surface area (Å²) in [6, 6.07) is 11.7. The molecule has 6 heteroatoms. The number of hydrogen-bond acceptors (Lipinski definition) is 4. The summed E-state index contributed by atoms with van der Waals surface area (Å²) in [6.45, 7) is 2.84. The molecule has 1 heterocycles.